The molecule has 1 heterocycles. The highest BCUT2D eigenvalue weighted by Crippen LogP contribution is 2.38. The molecular weight excluding hydrogens is 259 g/mol. The Hall–Kier alpha value is -1.90. The van der Waals surface area contributed by atoms with Crippen molar-refractivity contribution in [3.05, 3.63) is 59.7 Å². The molecule has 0 saturated carbocycles. The second kappa shape index (κ2) is 5.47. The van der Waals surface area contributed by atoms with E-state index < -0.39 is 0 Å². The Morgan fingerprint density at radius 3 is 2.33 bits per heavy atom. The number of aryl methyl sites for hydroxylation is 1. The normalized spacial score (nSPS) is 13.6. The zero-order chi connectivity index (χ0) is 14.9. The van der Waals surface area contributed by atoms with Gasteiger partial charge in [0.05, 0.1) is 0 Å². The van der Waals surface area contributed by atoms with Crippen LogP contribution in [0.25, 0.3) is 0 Å². The van der Waals surface area contributed by atoms with Gasteiger partial charge in [0, 0.05) is 6.32 Å². The van der Waals surface area contributed by atoms with E-state index in [9.17, 15) is 0 Å². The first kappa shape index (κ1) is 14.1. The highest BCUT2D eigenvalue weighted by atomic mass is 16.6. The maximum absolute atomic E-state index is 5.94. The summed E-state index contributed by atoms with van der Waals surface area (Å²) in [5.41, 5.74) is 2.71. The Kier molecular flexibility index (Phi) is 3.67. The lowest BCUT2D eigenvalue weighted by atomic mass is 9.82. The van der Waals surface area contributed by atoms with E-state index in [1.165, 1.54) is 11.1 Å². The minimum Gasteiger partial charge on any atom is -0.523 e. The van der Waals surface area contributed by atoms with Gasteiger partial charge >= 0.3 is 7.12 Å². The minimum absolute atomic E-state index is 0.126. The van der Waals surface area contributed by atoms with Crippen LogP contribution in [-0.2, 0) is 11.8 Å². The topological polar surface area (TPSA) is 18.5 Å². The molecule has 108 valence electrons. The zero-order valence-corrected chi connectivity index (χ0v) is 12.9. The average molecular weight is 280 g/mol. The predicted octanol–water partition coefficient (Wildman–Crippen LogP) is 4.49. The van der Waals surface area contributed by atoms with Crippen LogP contribution in [0.3, 0.4) is 0 Å². The molecule has 0 bridgehead atoms. The summed E-state index contributed by atoms with van der Waals surface area (Å²) >= 11 is 0. The van der Waals surface area contributed by atoms with Crippen LogP contribution in [0.4, 0.5) is 0 Å². The maximum atomic E-state index is 5.94. The van der Waals surface area contributed by atoms with Crippen LogP contribution in [0.15, 0.2) is 48.5 Å². The van der Waals surface area contributed by atoms with Crippen LogP contribution in [0, 0.1) is 0 Å². The third-order valence-electron chi connectivity index (χ3n) is 3.84. The van der Waals surface area contributed by atoms with Gasteiger partial charge in [0.1, 0.15) is 11.5 Å². The van der Waals surface area contributed by atoms with E-state index >= 15 is 0 Å². The summed E-state index contributed by atoms with van der Waals surface area (Å²) in [5.74, 6) is 1.74. The molecule has 0 amide bonds. The summed E-state index contributed by atoms with van der Waals surface area (Å²) in [6.45, 7) is 6.62. The van der Waals surface area contributed by atoms with Crippen molar-refractivity contribution < 1.29 is 9.31 Å². The lowest BCUT2D eigenvalue weighted by molar-refractivity contribution is 0.495. The third-order valence-corrected chi connectivity index (χ3v) is 3.84. The Balaban J connectivity index is 1.65. The molecule has 0 saturated heterocycles. The number of hydrogen-bond donors (Lipinski definition) is 0. The molecule has 0 aromatic heterocycles. The maximum Gasteiger partial charge on any atom is 0.595 e. The highest BCUT2D eigenvalue weighted by molar-refractivity contribution is 6.47. The van der Waals surface area contributed by atoms with Crippen LogP contribution < -0.4 is 9.31 Å². The lowest BCUT2D eigenvalue weighted by Crippen LogP contribution is -2.24. The van der Waals surface area contributed by atoms with E-state index in [4.69, 9.17) is 9.31 Å². The summed E-state index contributed by atoms with van der Waals surface area (Å²) in [4.78, 5) is 0. The minimum atomic E-state index is -0.171. The molecule has 2 nitrogen and oxygen atoms in total. The molecule has 0 fully saturated rings. The van der Waals surface area contributed by atoms with E-state index in [-0.39, 0.29) is 12.5 Å². The molecule has 0 unspecified atom stereocenters. The van der Waals surface area contributed by atoms with Gasteiger partial charge in [-0.1, -0.05) is 57.2 Å². The first-order chi connectivity index (χ1) is 10.0. The summed E-state index contributed by atoms with van der Waals surface area (Å²) in [5, 5.41) is 0. The molecule has 1 aliphatic heterocycles. The monoisotopic (exact) mass is 280 g/mol. The molecule has 0 spiro atoms. The molecule has 21 heavy (non-hydrogen) atoms. The van der Waals surface area contributed by atoms with E-state index in [1.807, 2.05) is 12.1 Å². The molecule has 1 aliphatic rings. The SMILES string of the molecule is CC(C)(C)c1ccc2c(c1)OB(CCc1ccccc1)O2. The van der Waals surface area contributed by atoms with E-state index in [1.54, 1.807) is 0 Å². The van der Waals surface area contributed by atoms with Crippen molar-refractivity contribution in [2.75, 3.05) is 0 Å². The standard InChI is InChI=1S/C18H21BO2/c1-18(2,3)15-9-10-16-17(13-15)21-19(20-16)12-11-14-7-5-4-6-8-14/h4-10,13H,11-12H2,1-3H3. The molecule has 0 radical (unpaired) electrons. The third kappa shape index (κ3) is 3.23. The second-order valence-electron chi connectivity index (χ2n) is 6.60. The Bertz CT molecular complexity index is 617. The first-order valence-corrected chi connectivity index (χ1v) is 7.54. The lowest BCUT2D eigenvalue weighted by Gasteiger charge is -2.19. The molecule has 2 aromatic rings. The van der Waals surface area contributed by atoms with Crippen LogP contribution in [0.2, 0.25) is 6.32 Å². The Morgan fingerprint density at radius 2 is 1.62 bits per heavy atom. The predicted molar refractivity (Wildman–Crippen MR) is 87.1 cm³/mol. The van der Waals surface area contributed by atoms with Gasteiger partial charge in [-0.2, -0.15) is 0 Å². The fourth-order valence-corrected chi connectivity index (χ4v) is 2.52. The van der Waals surface area contributed by atoms with Gasteiger partial charge in [-0.25, -0.2) is 0 Å². The Morgan fingerprint density at radius 1 is 0.905 bits per heavy atom. The van der Waals surface area contributed by atoms with E-state index in [0.717, 1.165) is 24.2 Å². The number of hydrogen-bond acceptors (Lipinski definition) is 2. The van der Waals surface area contributed by atoms with Crippen molar-refractivity contribution in [2.45, 2.75) is 38.9 Å². The van der Waals surface area contributed by atoms with Crippen molar-refractivity contribution in [3.8, 4) is 11.5 Å². The van der Waals surface area contributed by atoms with Crippen LogP contribution in [-0.4, -0.2) is 7.12 Å². The van der Waals surface area contributed by atoms with Gasteiger partial charge in [-0.3, -0.25) is 0 Å². The van der Waals surface area contributed by atoms with Crippen LogP contribution in [0.5, 0.6) is 11.5 Å². The summed E-state index contributed by atoms with van der Waals surface area (Å²) in [6, 6.07) is 16.7. The van der Waals surface area contributed by atoms with E-state index in [2.05, 4.69) is 57.2 Å². The van der Waals surface area contributed by atoms with Crippen LogP contribution in [0.1, 0.15) is 31.9 Å². The molecule has 2 aromatic carbocycles. The number of benzene rings is 2. The van der Waals surface area contributed by atoms with Crippen molar-refractivity contribution in [1.29, 1.82) is 0 Å². The summed E-state index contributed by atoms with van der Waals surface area (Å²) in [6.07, 6.45) is 1.83. The first-order valence-electron chi connectivity index (χ1n) is 7.54. The van der Waals surface area contributed by atoms with Gasteiger partial charge in [-0.15, -0.1) is 0 Å². The molecule has 0 atom stereocenters. The van der Waals surface area contributed by atoms with Gasteiger partial charge in [0.2, 0.25) is 0 Å². The highest BCUT2D eigenvalue weighted by Gasteiger charge is 2.32. The Labute approximate surface area is 127 Å². The smallest absolute Gasteiger partial charge is 0.523 e. The largest absolute Gasteiger partial charge is 0.595 e. The second-order valence-corrected chi connectivity index (χ2v) is 6.60. The van der Waals surface area contributed by atoms with Crippen molar-refractivity contribution in [1.82, 2.24) is 0 Å². The summed E-state index contributed by atoms with van der Waals surface area (Å²) < 4.78 is 11.8. The zero-order valence-electron chi connectivity index (χ0n) is 12.9. The summed E-state index contributed by atoms with van der Waals surface area (Å²) in [7, 11) is -0.171. The molecule has 0 N–H and O–H groups in total. The van der Waals surface area contributed by atoms with Crippen LogP contribution >= 0.6 is 0 Å². The van der Waals surface area contributed by atoms with Gasteiger partial charge in [0.25, 0.3) is 0 Å². The molecular formula is C18H21BO2. The van der Waals surface area contributed by atoms with Crippen molar-refractivity contribution >= 4 is 7.12 Å². The van der Waals surface area contributed by atoms with Crippen molar-refractivity contribution in [3.63, 3.8) is 0 Å². The number of fused-ring (bicyclic) bond motifs is 1. The quantitative estimate of drug-likeness (QED) is 0.771. The van der Waals surface area contributed by atoms with E-state index in [0.29, 0.717) is 0 Å². The fraction of sp³-hybridized carbons (Fsp3) is 0.333. The molecule has 3 heteroatoms. The van der Waals surface area contributed by atoms with Crippen molar-refractivity contribution in [2.24, 2.45) is 0 Å². The molecule has 3 rings (SSSR count). The number of rotatable bonds is 3. The fourth-order valence-electron chi connectivity index (χ4n) is 2.52. The van der Waals surface area contributed by atoms with Gasteiger partial charge < -0.3 is 9.31 Å². The molecule has 0 aliphatic carbocycles. The van der Waals surface area contributed by atoms with Gasteiger partial charge in [-0.05, 0) is 35.1 Å². The van der Waals surface area contributed by atoms with Gasteiger partial charge in [0.15, 0.2) is 0 Å². The average Bonchev–Trinajstić information content (AvgIpc) is 2.87.